The minimum atomic E-state index is -0.234. The van der Waals surface area contributed by atoms with Crippen LogP contribution in [0.2, 0.25) is 0 Å². The molecule has 13 heavy (non-hydrogen) atoms. The molecule has 1 saturated heterocycles. The molecule has 0 radical (unpaired) electrons. The minimum absolute atomic E-state index is 0.0723. The maximum absolute atomic E-state index is 11.4. The molecule has 0 aromatic carbocycles. The first-order valence-corrected chi connectivity index (χ1v) is 4.21. The van der Waals surface area contributed by atoms with Crippen LogP contribution in [0.5, 0.6) is 0 Å². The molecule has 0 aromatic heterocycles. The van der Waals surface area contributed by atoms with Gasteiger partial charge in [0.2, 0.25) is 0 Å². The fraction of sp³-hybridized carbons (Fsp3) is 0.667. The molecule has 1 fully saturated rings. The van der Waals surface area contributed by atoms with Crippen LogP contribution in [0.15, 0.2) is 0 Å². The summed E-state index contributed by atoms with van der Waals surface area (Å²) in [4.78, 5) is 12.9. The highest BCUT2D eigenvalue weighted by molar-refractivity contribution is 5.93. The van der Waals surface area contributed by atoms with Gasteiger partial charge in [-0.05, 0) is 12.8 Å². The summed E-state index contributed by atoms with van der Waals surface area (Å²) in [6.07, 6.45) is 0. The average Bonchev–Trinajstić information content (AvgIpc) is 2.18. The highest BCUT2D eigenvalue weighted by atomic mass is 16.5. The third-order valence-corrected chi connectivity index (χ3v) is 1.93. The Kier molecular flexibility index (Phi) is 3.74. The van der Waals surface area contributed by atoms with E-state index in [0.29, 0.717) is 19.8 Å². The van der Waals surface area contributed by atoms with E-state index in [1.54, 1.807) is 11.8 Å². The smallest absolute Gasteiger partial charge is 0.298 e. The SMILES string of the molecule is CC#CC(=O)N1CCOCC1CO. The monoisotopic (exact) mass is 183 g/mol. The fourth-order valence-corrected chi connectivity index (χ4v) is 1.25. The molecule has 4 nitrogen and oxygen atoms in total. The van der Waals surface area contributed by atoms with Crippen LogP contribution in [0.4, 0.5) is 0 Å². The molecule has 1 aliphatic heterocycles. The number of ether oxygens (including phenoxy) is 1. The molecule has 0 spiro atoms. The lowest BCUT2D eigenvalue weighted by atomic mass is 10.2. The number of aliphatic hydroxyl groups excluding tert-OH is 1. The molecule has 4 heteroatoms. The lowest BCUT2D eigenvalue weighted by Crippen LogP contribution is -2.50. The first-order chi connectivity index (χ1) is 6.29. The normalized spacial score (nSPS) is 22.0. The molecule has 1 heterocycles. The number of morpholine rings is 1. The van der Waals surface area contributed by atoms with Crippen LogP contribution in [0.3, 0.4) is 0 Å². The first kappa shape index (κ1) is 10.0. The minimum Gasteiger partial charge on any atom is -0.394 e. The zero-order chi connectivity index (χ0) is 9.68. The van der Waals surface area contributed by atoms with Gasteiger partial charge < -0.3 is 14.7 Å². The molecule has 1 rings (SSSR count). The van der Waals surface area contributed by atoms with E-state index < -0.39 is 0 Å². The second-order valence-electron chi connectivity index (χ2n) is 2.78. The van der Waals surface area contributed by atoms with Crippen molar-refractivity contribution in [1.82, 2.24) is 4.90 Å². The van der Waals surface area contributed by atoms with Gasteiger partial charge in [0.1, 0.15) is 0 Å². The van der Waals surface area contributed by atoms with E-state index in [4.69, 9.17) is 9.84 Å². The van der Waals surface area contributed by atoms with Crippen LogP contribution in [0.25, 0.3) is 0 Å². The number of carbonyl (C=O) groups is 1. The van der Waals surface area contributed by atoms with Gasteiger partial charge in [-0.3, -0.25) is 4.79 Å². The summed E-state index contributed by atoms with van der Waals surface area (Å²) in [6.45, 7) is 2.98. The average molecular weight is 183 g/mol. The van der Waals surface area contributed by atoms with Crippen molar-refractivity contribution in [3.05, 3.63) is 0 Å². The lowest BCUT2D eigenvalue weighted by molar-refractivity contribution is -0.135. The van der Waals surface area contributed by atoms with Gasteiger partial charge in [-0.1, -0.05) is 5.92 Å². The number of rotatable bonds is 1. The number of hydrogen-bond acceptors (Lipinski definition) is 3. The molecule has 1 atom stereocenters. The summed E-state index contributed by atoms with van der Waals surface area (Å²) in [5.41, 5.74) is 0. The highest BCUT2D eigenvalue weighted by Gasteiger charge is 2.25. The molecule has 0 bridgehead atoms. The van der Waals surface area contributed by atoms with Crippen molar-refractivity contribution in [2.75, 3.05) is 26.4 Å². The molecule has 1 N–H and O–H groups in total. The Bertz CT molecular complexity index is 241. The summed E-state index contributed by atoms with van der Waals surface area (Å²) in [6, 6.07) is -0.234. The van der Waals surface area contributed by atoms with E-state index in [-0.39, 0.29) is 18.6 Å². The summed E-state index contributed by atoms with van der Waals surface area (Å²) in [5.74, 6) is 4.76. The second kappa shape index (κ2) is 4.85. The van der Waals surface area contributed by atoms with Crippen molar-refractivity contribution in [2.45, 2.75) is 13.0 Å². The maximum Gasteiger partial charge on any atom is 0.298 e. The molecular formula is C9H13NO3. The number of carbonyl (C=O) groups excluding carboxylic acids is 1. The van der Waals surface area contributed by atoms with E-state index >= 15 is 0 Å². The van der Waals surface area contributed by atoms with Crippen LogP contribution >= 0.6 is 0 Å². The number of hydrogen-bond donors (Lipinski definition) is 1. The van der Waals surface area contributed by atoms with Crippen LogP contribution in [-0.4, -0.2) is 48.3 Å². The van der Waals surface area contributed by atoms with Crippen molar-refractivity contribution in [1.29, 1.82) is 0 Å². The van der Waals surface area contributed by atoms with Crippen molar-refractivity contribution in [3.8, 4) is 11.8 Å². The Morgan fingerprint density at radius 3 is 3.15 bits per heavy atom. The molecule has 0 aromatic rings. The standard InChI is InChI=1S/C9H13NO3/c1-2-3-9(12)10-4-5-13-7-8(10)6-11/h8,11H,4-7H2,1H3. The molecule has 0 saturated carbocycles. The van der Waals surface area contributed by atoms with Gasteiger partial charge in [0.05, 0.1) is 25.9 Å². The van der Waals surface area contributed by atoms with Crippen LogP contribution in [0.1, 0.15) is 6.92 Å². The summed E-state index contributed by atoms with van der Waals surface area (Å²) >= 11 is 0. The van der Waals surface area contributed by atoms with Crippen molar-refractivity contribution < 1.29 is 14.6 Å². The molecule has 0 aliphatic carbocycles. The van der Waals surface area contributed by atoms with Gasteiger partial charge in [-0.2, -0.15) is 0 Å². The molecule has 1 aliphatic rings. The third kappa shape index (κ3) is 2.44. The van der Waals surface area contributed by atoms with Crippen LogP contribution in [0, 0.1) is 11.8 Å². The van der Waals surface area contributed by atoms with Gasteiger partial charge in [-0.25, -0.2) is 0 Å². The number of amides is 1. The Morgan fingerprint density at radius 2 is 2.54 bits per heavy atom. The summed E-state index contributed by atoms with van der Waals surface area (Å²) < 4.78 is 5.13. The topological polar surface area (TPSA) is 49.8 Å². The largest absolute Gasteiger partial charge is 0.394 e. The van der Waals surface area contributed by atoms with E-state index in [2.05, 4.69) is 11.8 Å². The van der Waals surface area contributed by atoms with Crippen LogP contribution < -0.4 is 0 Å². The zero-order valence-electron chi connectivity index (χ0n) is 7.62. The Hall–Kier alpha value is -1.05. The predicted octanol–water partition coefficient (Wildman–Crippen LogP) is -0.771. The second-order valence-corrected chi connectivity index (χ2v) is 2.78. The van der Waals surface area contributed by atoms with Crippen LogP contribution in [-0.2, 0) is 9.53 Å². The van der Waals surface area contributed by atoms with Crippen molar-refractivity contribution in [3.63, 3.8) is 0 Å². The van der Waals surface area contributed by atoms with Crippen molar-refractivity contribution >= 4 is 5.91 Å². The van der Waals surface area contributed by atoms with Crippen molar-refractivity contribution in [2.24, 2.45) is 0 Å². The van der Waals surface area contributed by atoms with E-state index in [1.807, 2.05) is 0 Å². The predicted molar refractivity (Wildman–Crippen MR) is 46.9 cm³/mol. The number of nitrogens with zero attached hydrogens (tertiary/aromatic N) is 1. The fourth-order valence-electron chi connectivity index (χ4n) is 1.25. The first-order valence-electron chi connectivity index (χ1n) is 4.21. The third-order valence-electron chi connectivity index (χ3n) is 1.93. The molecular weight excluding hydrogens is 170 g/mol. The summed E-state index contributed by atoms with van der Waals surface area (Å²) in [7, 11) is 0. The molecule has 1 unspecified atom stereocenters. The van der Waals surface area contributed by atoms with E-state index in [0.717, 1.165) is 0 Å². The van der Waals surface area contributed by atoms with Gasteiger partial charge in [0, 0.05) is 6.54 Å². The summed E-state index contributed by atoms with van der Waals surface area (Å²) in [5, 5.41) is 8.96. The van der Waals surface area contributed by atoms with E-state index in [9.17, 15) is 4.79 Å². The van der Waals surface area contributed by atoms with Gasteiger partial charge in [0.15, 0.2) is 0 Å². The van der Waals surface area contributed by atoms with E-state index in [1.165, 1.54) is 0 Å². The zero-order valence-corrected chi connectivity index (χ0v) is 7.62. The Balaban J connectivity index is 2.62. The Morgan fingerprint density at radius 1 is 1.77 bits per heavy atom. The van der Waals surface area contributed by atoms with Gasteiger partial charge in [-0.15, -0.1) is 0 Å². The Labute approximate surface area is 77.5 Å². The molecule has 72 valence electrons. The molecule has 1 amide bonds. The highest BCUT2D eigenvalue weighted by Crippen LogP contribution is 2.05. The maximum atomic E-state index is 11.4. The lowest BCUT2D eigenvalue weighted by Gasteiger charge is -2.32. The number of aliphatic hydroxyl groups is 1. The van der Waals surface area contributed by atoms with Gasteiger partial charge in [0.25, 0.3) is 5.91 Å². The van der Waals surface area contributed by atoms with Gasteiger partial charge >= 0.3 is 0 Å². The quantitative estimate of drug-likeness (QED) is 0.543.